The molecule has 4 heterocycles. The summed E-state index contributed by atoms with van der Waals surface area (Å²) in [7, 11) is 0. The van der Waals surface area contributed by atoms with Gasteiger partial charge in [0.15, 0.2) is 5.82 Å². The molecule has 0 N–H and O–H groups in total. The summed E-state index contributed by atoms with van der Waals surface area (Å²) in [6.45, 7) is 5.11. The molecule has 0 radical (unpaired) electrons. The molecule has 0 spiro atoms. The average Bonchev–Trinajstić information content (AvgIpc) is 3.34. The molecule has 8 nitrogen and oxygen atoms in total. The number of nitrogens with zero attached hydrogens (tertiary/aromatic N) is 7. The van der Waals surface area contributed by atoms with Crippen LogP contribution in [0.4, 0.5) is 5.82 Å². The summed E-state index contributed by atoms with van der Waals surface area (Å²) in [5, 5.41) is 4.80. The smallest absolute Gasteiger partial charge is 0.159 e. The van der Waals surface area contributed by atoms with E-state index in [0.717, 1.165) is 47.6 Å². The molecular formula is C24H25N7O. The normalized spacial score (nSPS) is 14.0. The van der Waals surface area contributed by atoms with Crippen molar-refractivity contribution in [3.63, 3.8) is 0 Å². The SMILES string of the molecule is Cc1cccc(-c2ccn(-c3cc(N4CCOCC4)nc(CCc4ncccn4)n3)n2)c1. The van der Waals surface area contributed by atoms with Crippen LogP contribution in [0.5, 0.6) is 0 Å². The second-order valence-electron chi connectivity index (χ2n) is 7.78. The van der Waals surface area contributed by atoms with Gasteiger partial charge in [0.05, 0.1) is 18.9 Å². The van der Waals surface area contributed by atoms with Crippen molar-refractivity contribution >= 4 is 5.82 Å². The van der Waals surface area contributed by atoms with Gasteiger partial charge in [-0.25, -0.2) is 24.6 Å². The van der Waals surface area contributed by atoms with E-state index in [2.05, 4.69) is 46.1 Å². The quantitative estimate of drug-likeness (QED) is 0.468. The van der Waals surface area contributed by atoms with Gasteiger partial charge < -0.3 is 9.64 Å². The molecular weight excluding hydrogens is 402 g/mol. The first-order valence-corrected chi connectivity index (χ1v) is 10.8. The van der Waals surface area contributed by atoms with Crippen LogP contribution >= 0.6 is 0 Å². The topological polar surface area (TPSA) is 81.9 Å². The van der Waals surface area contributed by atoms with Crippen molar-refractivity contribution in [2.75, 3.05) is 31.2 Å². The van der Waals surface area contributed by atoms with E-state index in [9.17, 15) is 0 Å². The maximum atomic E-state index is 5.51. The number of aryl methyl sites for hydroxylation is 3. The molecule has 0 unspecified atom stereocenters. The highest BCUT2D eigenvalue weighted by atomic mass is 16.5. The van der Waals surface area contributed by atoms with Crippen molar-refractivity contribution in [3.8, 4) is 17.1 Å². The molecule has 8 heteroatoms. The van der Waals surface area contributed by atoms with Gasteiger partial charge in [-0.3, -0.25) is 0 Å². The fourth-order valence-electron chi connectivity index (χ4n) is 3.75. The zero-order valence-corrected chi connectivity index (χ0v) is 18.1. The molecule has 162 valence electrons. The largest absolute Gasteiger partial charge is 0.378 e. The van der Waals surface area contributed by atoms with E-state index in [1.54, 1.807) is 12.4 Å². The number of hydrogen-bond acceptors (Lipinski definition) is 7. The highest BCUT2D eigenvalue weighted by Gasteiger charge is 2.16. The number of hydrogen-bond donors (Lipinski definition) is 0. The maximum Gasteiger partial charge on any atom is 0.159 e. The van der Waals surface area contributed by atoms with Crippen molar-refractivity contribution < 1.29 is 4.74 Å². The second kappa shape index (κ2) is 9.23. The standard InChI is InChI=1S/C24H25N7O/c1-18-4-2-5-19(16-18)20-8-11-31(29-20)24-17-23(30-12-14-32-15-13-30)27-22(28-24)7-6-21-25-9-3-10-26-21/h2-5,8-11,16-17H,6-7,12-15H2,1H3. The minimum absolute atomic E-state index is 0.654. The predicted octanol–water partition coefficient (Wildman–Crippen LogP) is 3.05. The zero-order valence-electron chi connectivity index (χ0n) is 18.1. The molecule has 0 saturated carbocycles. The Labute approximate surface area is 187 Å². The molecule has 4 aromatic rings. The number of rotatable bonds is 6. The van der Waals surface area contributed by atoms with Crippen molar-refractivity contribution in [2.45, 2.75) is 19.8 Å². The van der Waals surface area contributed by atoms with Crippen LogP contribution in [-0.4, -0.2) is 56.0 Å². The lowest BCUT2D eigenvalue weighted by molar-refractivity contribution is 0.122. The van der Waals surface area contributed by atoms with Gasteiger partial charge >= 0.3 is 0 Å². The van der Waals surface area contributed by atoms with E-state index < -0.39 is 0 Å². The van der Waals surface area contributed by atoms with Crippen molar-refractivity contribution in [3.05, 3.63) is 78.3 Å². The van der Waals surface area contributed by atoms with Crippen LogP contribution < -0.4 is 4.90 Å². The molecule has 0 atom stereocenters. The van der Waals surface area contributed by atoms with Crippen LogP contribution in [0.3, 0.4) is 0 Å². The molecule has 1 saturated heterocycles. The molecule has 0 bridgehead atoms. The Morgan fingerprint density at radius 3 is 2.47 bits per heavy atom. The first-order valence-electron chi connectivity index (χ1n) is 10.8. The zero-order chi connectivity index (χ0) is 21.8. The lowest BCUT2D eigenvalue weighted by atomic mass is 10.1. The Hall–Kier alpha value is -3.65. The van der Waals surface area contributed by atoms with E-state index in [-0.39, 0.29) is 0 Å². The summed E-state index contributed by atoms with van der Waals surface area (Å²) in [5.74, 6) is 3.19. The third kappa shape index (κ3) is 4.65. The van der Waals surface area contributed by atoms with E-state index in [0.29, 0.717) is 26.1 Å². The van der Waals surface area contributed by atoms with Crippen LogP contribution in [0, 0.1) is 6.92 Å². The number of anilines is 1. The average molecular weight is 428 g/mol. The summed E-state index contributed by atoms with van der Waals surface area (Å²) in [6.07, 6.45) is 6.81. The number of aromatic nitrogens is 6. The van der Waals surface area contributed by atoms with Gasteiger partial charge in [0, 0.05) is 56.2 Å². The Bertz CT molecular complexity index is 1190. The summed E-state index contributed by atoms with van der Waals surface area (Å²) >= 11 is 0. The summed E-state index contributed by atoms with van der Waals surface area (Å²) in [6, 6.07) is 14.2. The summed E-state index contributed by atoms with van der Waals surface area (Å²) in [4.78, 5) is 20.5. The van der Waals surface area contributed by atoms with E-state index in [1.807, 2.05) is 29.1 Å². The van der Waals surface area contributed by atoms with Crippen molar-refractivity contribution in [2.24, 2.45) is 0 Å². The van der Waals surface area contributed by atoms with Gasteiger partial charge in [-0.05, 0) is 25.1 Å². The molecule has 1 aliphatic rings. The van der Waals surface area contributed by atoms with Crippen LogP contribution in [0.2, 0.25) is 0 Å². The molecule has 1 fully saturated rings. The Morgan fingerprint density at radius 2 is 1.66 bits per heavy atom. The Morgan fingerprint density at radius 1 is 0.875 bits per heavy atom. The van der Waals surface area contributed by atoms with Crippen LogP contribution in [0.15, 0.2) is 61.1 Å². The lowest BCUT2D eigenvalue weighted by Crippen LogP contribution is -2.37. The molecule has 0 amide bonds. The van der Waals surface area contributed by atoms with Gasteiger partial charge in [-0.1, -0.05) is 23.8 Å². The monoisotopic (exact) mass is 427 g/mol. The summed E-state index contributed by atoms with van der Waals surface area (Å²) < 4.78 is 7.34. The van der Waals surface area contributed by atoms with Crippen molar-refractivity contribution in [1.82, 2.24) is 29.7 Å². The molecule has 1 aliphatic heterocycles. The molecule has 5 rings (SSSR count). The minimum atomic E-state index is 0.654. The molecule has 3 aromatic heterocycles. The van der Waals surface area contributed by atoms with Crippen LogP contribution in [0.25, 0.3) is 17.1 Å². The maximum absolute atomic E-state index is 5.51. The van der Waals surface area contributed by atoms with E-state index in [1.165, 1.54) is 5.56 Å². The Kier molecular flexibility index (Phi) is 5.85. The van der Waals surface area contributed by atoms with Crippen LogP contribution in [0.1, 0.15) is 17.2 Å². The molecule has 0 aliphatic carbocycles. The molecule has 32 heavy (non-hydrogen) atoms. The highest BCUT2D eigenvalue weighted by molar-refractivity contribution is 5.60. The van der Waals surface area contributed by atoms with Gasteiger partial charge in [0.25, 0.3) is 0 Å². The van der Waals surface area contributed by atoms with E-state index >= 15 is 0 Å². The fourth-order valence-corrected chi connectivity index (χ4v) is 3.75. The van der Waals surface area contributed by atoms with Gasteiger partial charge in [0.1, 0.15) is 17.5 Å². The second-order valence-corrected chi connectivity index (χ2v) is 7.78. The fraction of sp³-hybridized carbons (Fsp3) is 0.292. The van der Waals surface area contributed by atoms with E-state index in [4.69, 9.17) is 19.8 Å². The predicted molar refractivity (Wildman–Crippen MR) is 122 cm³/mol. The van der Waals surface area contributed by atoms with Crippen LogP contribution in [-0.2, 0) is 17.6 Å². The summed E-state index contributed by atoms with van der Waals surface area (Å²) in [5.41, 5.74) is 3.21. The third-order valence-corrected chi connectivity index (χ3v) is 5.41. The number of morpholine rings is 1. The van der Waals surface area contributed by atoms with Gasteiger partial charge in [-0.2, -0.15) is 5.10 Å². The van der Waals surface area contributed by atoms with Gasteiger partial charge in [-0.15, -0.1) is 0 Å². The highest BCUT2D eigenvalue weighted by Crippen LogP contribution is 2.21. The minimum Gasteiger partial charge on any atom is -0.378 e. The first-order chi connectivity index (χ1) is 15.7. The third-order valence-electron chi connectivity index (χ3n) is 5.41. The van der Waals surface area contributed by atoms with Gasteiger partial charge in [0.2, 0.25) is 0 Å². The molecule has 1 aromatic carbocycles. The number of benzene rings is 1. The lowest BCUT2D eigenvalue weighted by Gasteiger charge is -2.28. The van der Waals surface area contributed by atoms with Crippen molar-refractivity contribution in [1.29, 1.82) is 0 Å². The first kappa shape index (κ1) is 20.3. The Balaban J connectivity index is 1.46. The number of ether oxygens (including phenoxy) is 1.